The van der Waals surface area contributed by atoms with Gasteiger partial charge in [0.15, 0.2) is 9.84 Å². The molecule has 1 aliphatic rings. The van der Waals surface area contributed by atoms with Crippen LogP contribution in [0.2, 0.25) is 5.02 Å². The Hall–Kier alpha value is -1.15. The summed E-state index contributed by atoms with van der Waals surface area (Å²) < 4.78 is 25.1. The lowest BCUT2D eigenvalue weighted by Crippen LogP contribution is -2.23. The summed E-state index contributed by atoms with van der Waals surface area (Å²) in [4.78, 5) is 12.3. The monoisotopic (exact) mass is 427 g/mol. The summed E-state index contributed by atoms with van der Waals surface area (Å²) in [6, 6.07) is 13.4. The first-order valence-electron chi connectivity index (χ1n) is 8.05. The third-order valence-electron chi connectivity index (χ3n) is 3.76. The molecule has 26 heavy (non-hydrogen) atoms. The van der Waals surface area contributed by atoms with Gasteiger partial charge in [-0.05, 0) is 59.9 Å². The molecule has 1 N–H and O–H groups in total. The number of carbonyl (C=O) groups excluding carboxylic acids is 1. The van der Waals surface area contributed by atoms with Gasteiger partial charge in [-0.15, -0.1) is 23.5 Å². The highest BCUT2D eigenvalue weighted by Crippen LogP contribution is 2.44. The van der Waals surface area contributed by atoms with Crippen molar-refractivity contribution in [3.05, 3.63) is 59.1 Å². The zero-order chi connectivity index (χ0) is 18.6. The Bertz CT molecular complexity index is 879. The van der Waals surface area contributed by atoms with E-state index in [4.69, 9.17) is 11.6 Å². The number of halogens is 1. The summed E-state index contributed by atoms with van der Waals surface area (Å²) in [5, 5.41) is 3.14. The van der Waals surface area contributed by atoms with Gasteiger partial charge in [0.1, 0.15) is 5.75 Å². The first kappa shape index (κ1) is 19.6. The Balaban J connectivity index is 1.67. The number of rotatable bonds is 5. The maximum absolute atomic E-state index is 12.3. The average molecular weight is 428 g/mol. The van der Waals surface area contributed by atoms with Crippen LogP contribution >= 0.6 is 35.1 Å². The van der Waals surface area contributed by atoms with Crippen LogP contribution in [-0.4, -0.2) is 31.6 Å². The van der Waals surface area contributed by atoms with Crippen molar-refractivity contribution in [2.75, 3.05) is 22.6 Å². The minimum Gasteiger partial charge on any atom is -0.325 e. The van der Waals surface area contributed by atoms with Gasteiger partial charge >= 0.3 is 0 Å². The first-order valence-corrected chi connectivity index (χ1v) is 12.2. The lowest BCUT2D eigenvalue weighted by molar-refractivity contribution is -0.113. The average Bonchev–Trinajstić information content (AvgIpc) is 2.62. The Morgan fingerprint density at radius 2 is 1.81 bits per heavy atom. The molecule has 1 aliphatic heterocycles. The molecule has 4 nitrogen and oxygen atoms in total. The van der Waals surface area contributed by atoms with Crippen LogP contribution in [0.4, 0.5) is 5.69 Å². The summed E-state index contributed by atoms with van der Waals surface area (Å²) in [7, 11) is -3.71. The molecule has 0 bridgehead atoms. The van der Waals surface area contributed by atoms with Crippen molar-refractivity contribution in [1.29, 1.82) is 0 Å². The van der Waals surface area contributed by atoms with Crippen LogP contribution in [0.25, 0.3) is 0 Å². The Kier molecular flexibility index (Phi) is 6.55. The van der Waals surface area contributed by atoms with E-state index in [1.54, 1.807) is 6.07 Å². The van der Waals surface area contributed by atoms with E-state index in [1.165, 1.54) is 30.7 Å². The fourth-order valence-electron chi connectivity index (χ4n) is 2.54. The van der Waals surface area contributed by atoms with Crippen LogP contribution in [0.15, 0.2) is 53.4 Å². The van der Waals surface area contributed by atoms with Gasteiger partial charge in [-0.25, -0.2) is 8.42 Å². The van der Waals surface area contributed by atoms with E-state index in [2.05, 4.69) is 5.32 Å². The SMILES string of the molecule is O=C(CS(=O)(=O)c1ccc(Cl)cc1)Nc1cccc(C2SCCCS2)c1. The normalized spacial score (nSPS) is 15.6. The van der Waals surface area contributed by atoms with Crippen molar-refractivity contribution in [2.24, 2.45) is 0 Å². The summed E-state index contributed by atoms with van der Waals surface area (Å²) in [5.41, 5.74) is 1.75. The van der Waals surface area contributed by atoms with Gasteiger partial charge in [-0.3, -0.25) is 4.79 Å². The van der Waals surface area contributed by atoms with Gasteiger partial charge in [-0.1, -0.05) is 23.7 Å². The van der Waals surface area contributed by atoms with Gasteiger partial charge in [-0.2, -0.15) is 0 Å². The zero-order valence-corrected chi connectivity index (χ0v) is 17.1. The van der Waals surface area contributed by atoms with E-state index < -0.39 is 21.5 Å². The molecule has 1 amide bonds. The van der Waals surface area contributed by atoms with Crippen molar-refractivity contribution < 1.29 is 13.2 Å². The van der Waals surface area contributed by atoms with Crippen LogP contribution in [0, 0.1) is 0 Å². The van der Waals surface area contributed by atoms with Crippen molar-refractivity contribution in [3.63, 3.8) is 0 Å². The first-order chi connectivity index (χ1) is 12.4. The fourth-order valence-corrected chi connectivity index (χ4v) is 6.67. The molecule has 8 heteroatoms. The molecule has 0 spiro atoms. The number of amides is 1. The predicted octanol–water partition coefficient (Wildman–Crippen LogP) is 4.62. The van der Waals surface area contributed by atoms with E-state index in [9.17, 15) is 13.2 Å². The molecular formula is C18H18ClNO3S3. The van der Waals surface area contributed by atoms with Crippen molar-refractivity contribution in [2.45, 2.75) is 15.9 Å². The Labute approximate surface area is 167 Å². The Morgan fingerprint density at radius 1 is 1.12 bits per heavy atom. The van der Waals surface area contributed by atoms with Crippen LogP contribution in [-0.2, 0) is 14.6 Å². The van der Waals surface area contributed by atoms with Crippen LogP contribution < -0.4 is 5.32 Å². The van der Waals surface area contributed by atoms with E-state index in [0.717, 1.165) is 17.1 Å². The molecule has 1 saturated heterocycles. The quantitative estimate of drug-likeness (QED) is 0.754. The number of nitrogens with one attached hydrogen (secondary N) is 1. The smallest absolute Gasteiger partial charge is 0.239 e. The van der Waals surface area contributed by atoms with Crippen LogP contribution in [0.3, 0.4) is 0 Å². The van der Waals surface area contributed by atoms with Gasteiger partial charge in [0, 0.05) is 10.7 Å². The predicted molar refractivity (Wildman–Crippen MR) is 111 cm³/mol. The van der Waals surface area contributed by atoms with Gasteiger partial charge in [0.05, 0.1) is 9.48 Å². The number of sulfone groups is 1. The molecule has 2 aromatic carbocycles. The van der Waals surface area contributed by atoms with Gasteiger partial charge < -0.3 is 5.32 Å². The minimum absolute atomic E-state index is 0.0841. The maximum atomic E-state index is 12.3. The second kappa shape index (κ2) is 8.69. The zero-order valence-electron chi connectivity index (χ0n) is 13.9. The second-order valence-corrected chi connectivity index (χ2v) is 11.0. The third-order valence-corrected chi connectivity index (χ3v) is 8.66. The molecule has 0 aliphatic carbocycles. The number of benzene rings is 2. The third kappa shape index (κ3) is 5.19. The largest absolute Gasteiger partial charge is 0.325 e. The summed E-state index contributed by atoms with van der Waals surface area (Å²) in [6.07, 6.45) is 1.21. The minimum atomic E-state index is -3.71. The molecule has 0 saturated carbocycles. The number of thioether (sulfide) groups is 2. The maximum Gasteiger partial charge on any atom is 0.239 e. The highest BCUT2D eigenvalue weighted by molar-refractivity contribution is 8.16. The van der Waals surface area contributed by atoms with E-state index in [-0.39, 0.29) is 4.90 Å². The summed E-state index contributed by atoms with van der Waals surface area (Å²) in [6.45, 7) is 0. The van der Waals surface area contributed by atoms with Crippen LogP contribution in [0.5, 0.6) is 0 Å². The molecule has 0 atom stereocenters. The molecule has 138 valence electrons. The lowest BCUT2D eigenvalue weighted by Gasteiger charge is -2.21. The van der Waals surface area contributed by atoms with Gasteiger partial charge in [0.2, 0.25) is 5.91 Å². The summed E-state index contributed by atoms with van der Waals surface area (Å²) >= 11 is 9.57. The molecular weight excluding hydrogens is 410 g/mol. The molecule has 0 radical (unpaired) electrons. The summed E-state index contributed by atoms with van der Waals surface area (Å²) in [5.74, 6) is 1.11. The van der Waals surface area contributed by atoms with Crippen molar-refractivity contribution in [1.82, 2.24) is 0 Å². The fraction of sp³-hybridized carbons (Fsp3) is 0.278. The van der Waals surface area contributed by atoms with E-state index in [1.807, 2.05) is 41.7 Å². The lowest BCUT2D eigenvalue weighted by atomic mass is 10.2. The highest BCUT2D eigenvalue weighted by Gasteiger charge is 2.20. The second-order valence-electron chi connectivity index (χ2n) is 5.81. The Morgan fingerprint density at radius 3 is 2.50 bits per heavy atom. The molecule has 2 aromatic rings. The number of anilines is 1. The molecule has 1 fully saturated rings. The highest BCUT2D eigenvalue weighted by atomic mass is 35.5. The molecule has 1 heterocycles. The van der Waals surface area contributed by atoms with E-state index in [0.29, 0.717) is 15.3 Å². The van der Waals surface area contributed by atoms with Crippen molar-refractivity contribution in [3.8, 4) is 0 Å². The molecule has 3 rings (SSSR count). The number of carbonyl (C=O) groups is 1. The number of hydrogen-bond donors (Lipinski definition) is 1. The number of hydrogen-bond acceptors (Lipinski definition) is 5. The van der Waals surface area contributed by atoms with Crippen LogP contribution in [0.1, 0.15) is 16.6 Å². The van der Waals surface area contributed by atoms with Crippen molar-refractivity contribution >= 4 is 56.6 Å². The molecule has 0 aromatic heterocycles. The van der Waals surface area contributed by atoms with E-state index >= 15 is 0 Å². The molecule has 0 unspecified atom stereocenters. The standard InChI is InChI=1S/C18H18ClNO3S3/c19-14-5-7-16(8-6-14)26(22,23)12-17(21)20-15-4-1-3-13(11-15)18-24-9-2-10-25-18/h1,3-8,11,18H,2,9-10,12H2,(H,20,21). The van der Waals surface area contributed by atoms with Gasteiger partial charge in [0.25, 0.3) is 0 Å². The topological polar surface area (TPSA) is 63.2 Å².